The van der Waals surface area contributed by atoms with E-state index in [9.17, 15) is 4.79 Å². The monoisotopic (exact) mass is 349 g/mol. The maximum atomic E-state index is 12.1. The van der Waals surface area contributed by atoms with Crippen molar-refractivity contribution in [3.05, 3.63) is 24.0 Å². The molecule has 0 saturated carbocycles. The smallest absolute Gasteiger partial charge is 0.226 e. The molecule has 2 aliphatic heterocycles. The van der Waals surface area contributed by atoms with Crippen LogP contribution in [0.5, 0.6) is 0 Å². The Morgan fingerprint density at radius 3 is 2.75 bits per heavy atom. The highest BCUT2D eigenvalue weighted by Crippen LogP contribution is 2.22. The number of hydrogen-bond donors (Lipinski definition) is 0. The molecule has 2 aliphatic rings. The standard InChI is InChI=1S/C17H27N5OS/c1-2-3-4-17(23)21-7-5-16(6-8-21)22-14-15(18-19-22)13-20-9-11-24-12-10-20/h2-3,14,16H,4-13H2,1H3. The summed E-state index contributed by atoms with van der Waals surface area (Å²) in [5.74, 6) is 2.66. The Labute approximate surface area is 148 Å². The average molecular weight is 350 g/mol. The predicted molar refractivity (Wildman–Crippen MR) is 96.9 cm³/mol. The van der Waals surface area contributed by atoms with E-state index in [1.807, 2.05) is 40.4 Å². The number of aromatic nitrogens is 3. The molecule has 2 saturated heterocycles. The molecule has 0 atom stereocenters. The molecule has 1 amide bonds. The summed E-state index contributed by atoms with van der Waals surface area (Å²) in [6.07, 6.45) is 8.40. The minimum absolute atomic E-state index is 0.230. The van der Waals surface area contributed by atoms with Crippen LogP contribution >= 0.6 is 11.8 Å². The van der Waals surface area contributed by atoms with Crippen molar-refractivity contribution >= 4 is 17.7 Å². The van der Waals surface area contributed by atoms with Gasteiger partial charge in [-0.3, -0.25) is 9.69 Å². The molecule has 0 aromatic carbocycles. The van der Waals surface area contributed by atoms with Crippen LogP contribution in [0.4, 0.5) is 0 Å². The molecule has 3 heterocycles. The van der Waals surface area contributed by atoms with E-state index in [-0.39, 0.29) is 5.91 Å². The molecule has 7 heteroatoms. The molecule has 0 unspecified atom stereocenters. The summed E-state index contributed by atoms with van der Waals surface area (Å²) < 4.78 is 2.02. The summed E-state index contributed by atoms with van der Waals surface area (Å²) in [5.41, 5.74) is 1.06. The number of carbonyl (C=O) groups excluding carboxylic acids is 1. The zero-order chi connectivity index (χ0) is 16.8. The fourth-order valence-corrected chi connectivity index (χ4v) is 4.26. The quantitative estimate of drug-likeness (QED) is 0.761. The van der Waals surface area contributed by atoms with E-state index < -0.39 is 0 Å². The summed E-state index contributed by atoms with van der Waals surface area (Å²) >= 11 is 2.03. The van der Waals surface area contributed by atoms with Crippen LogP contribution in [0, 0.1) is 0 Å². The van der Waals surface area contributed by atoms with Crippen LogP contribution < -0.4 is 0 Å². The first-order valence-corrected chi connectivity index (χ1v) is 10.0. The fourth-order valence-electron chi connectivity index (χ4n) is 3.28. The van der Waals surface area contributed by atoms with Gasteiger partial charge in [-0.15, -0.1) is 5.10 Å². The average Bonchev–Trinajstić information content (AvgIpc) is 3.09. The second-order valence-electron chi connectivity index (χ2n) is 6.46. The molecular weight excluding hydrogens is 322 g/mol. The van der Waals surface area contributed by atoms with Crippen LogP contribution in [0.1, 0.15) is 37.9 Å². The highest BCUT2D eigenvalue weighted by atomic mass is 32.2. The van der Waals surface area contributed by atoms with Crippen LogP contribution in [0.2, 0.25) is 0 Å². The van der Waals surface area contributed by atoms with Crippen molar-refractivity contribution in [3.8, 4) is 0 Å². The van der Waals surface area contributed by atoms with E-state index in [1.54, 1.807) is 0 Å². The van der Waals surface area contributed by atoms with Crippen molar-refractivity contribution in [2.45, 2.75) is 38.8 Å². The summed E-state index contributed by atoms with van der Waals surface area (Å²) in [5, 5.41) is 8.70. The third kappa shape index (κ3) is 4.60. The van der Waals surface area contributed by atoms with Gasteiger partial charge in [-0.05, 0) is 19.8 Å². The van der Waals surface area contributed by atoms with Gasteiger partial charge in [0.1, 0.15) is 0 Å². The Balaban J connectivity index is 1.48. The minimum atomic E-state index is 0.230. The highest BCUT2D eigenvalue weighted by Gasteiger charge is 2.24. The van der Waals surface area contributed by atoms with Crippen LogP contribution in [-0.4, -0.2) is 68.4 Å². The molecule has 0 aliphatic carbocycles. The van der Waals surface area contributed by atoms with Gasteiger partial charge in [-0.25, -0.2) is 4.68 Å². The van der Waals surface area contributed by atoms with Gasteiger partial charge >= 0.3 is 0 Å². The number of hydrogen-bond acceptors (Lipinski definition) is 5. The van der Waals surface area contributed by atoms with E-state index in [4.69, 9.17) is 0 Å². The lowest BCUT2D eigenvalue weighted by molar-refractivity contribution is -0.131. The Morgan fingerprint density at radius 2 is 2.04 bits per heavy atom. The van der Waals surface area contributed by atoms with Gasteiger partial charge in [-0.1, -0.05) is 17.4 Å². The lowest BCUT2D eigenvalue weighted by atomic mass is 10.0. The second kappa shape index (κ2) is 8.67. The molecule has 0 radical (unpaired) electrons. The van der Waals surface area contributed by atoms with Gasteiger partial charge in [0.2, 0.25) is 5.91 Å². The van der Waals surface area contributed by atoms with Gasteiger partial charge in [0, 0.05) is 50.7 Å². The molecule has 132 valence electrons. The first kappa shape index (κ1) is 17.5. The largest absolute Gasteiger partial charge is 0.342 e. The van der Waals surface area contributed by atoms with E-state index in [2.05, 4.69) is 21.4 Å². The second-order valence-corrected chi connectivity index (χ2v) is 7.69. The molecule has 6 nitrogen and oxygen atoms in total. The van der Waals surface area contributed by atoms with Crippen LogP contribution in [-0.2, 0) is 11.3 Å². The summed E-state index contributed by atoms with van der Waals surface area (Å²) in [6, 6.07) is 0.369. The predicted octanol–water partition coefficient (Wildman–Crippen LogP) is 1.96. The Morgan fingerprint density at radius 1 is 1.29 bits per heavy atom. The number of nitrogens with zero attached hydrogens (tertiary/aromatic N) is 5. The molecular formula is C17H27N5OS. The fraction of sp³-hybridized carbons (Fsp3) is 0.706. The molecule has 1 aromatic heterocycles. The van der Waals surface area contributed by atoms with Crippen molar-refractivity contribution in [1.29, 1.82) is 0 Å². The van der Waals surface area contributed by atoms with Gasteiger partial charge in [0.15, 0.2) is 0 Å². The van der Waals surface area contributed by atoms with E-state index in [0.717, 1.165) is 51.3 Å². The van der Waals surface area contributed by atoms with Crippen molar-refractivity contribution in [2.75, 3.05) is 37.7 Å². The van der Waals surface area contributed by atoms with Crippen LogP contribution in [0.3, 0.4) is 0 Å². The SMILES string of the molecule is CC=CCC(=O)N1CCC(n2cc(CN3CCSCC3)nn2)CC1. The van der Waals surface area contributed by atoms with Gasteiger partial charge < -0.3 is 4.90 Å². The van der Waals surface area contributed by atoms with Gasteiger partial charge in [0.25, 0.3) is 0 Å². The molecule has 24 heavy (non-hydrogen) atoms. The van der Waals surface area contributed by atoms with Crippen molar-refractivity contribution < 1.29 is 4.79 Å². The third-order valence-electron chi connectivity index (χ3n) is 4.77. The molecule has 0 N–H and O–H groups in total. The number of likely N-dealkylation sites (tertiary alicyclic amines) is 1. The Kier molecular flexibility index (Phi) is 6.31. The number of piperidine rings is 1. The molecule has 0 spiro atoms. The van der Waals surface area contributed by atoms with E-state index in [1.165, 1.54) is 11.5 Å². The molecule has 1 aromatic rings. The Hall–Kier alpha value is -1.34. The van der Waals surface area contributed by atoms with Crippen molar-refractivity contribution in [1.82, 2.24) is 24.8 Å². The minimum Gasteiger partial charge on any atom is -0.342 e. The van der Waals surface area contributed by atoms with Crippen LogP contribution in [0.25, 0.3) is 0 Å². The van der Waals surface area contributed by atoms with Gasteiger partial charge in [-0.2, -0.15) is 11.8 Å². The lowest BCUT2D eigenvalue weighted by Gasteiger charge is -2.31. The number of carbonyl (C=O) groups is 1. The lowest BCUT2D eigenvalue weighted by Crippen LogP contribution is -2.38. The van der Waals surface area contributed by atoms with Crippen LogP contribution in [0.15, 0.2) is 18.3 Å². The zero-order valence-electron chi connectivity index (χ0n) is 14.4. The normalized spacial score (nSPS) is 20.8. The number of amides is 1. The van der Waals surface area contributed by atoms with Crippen molar-refractivity contribution in [2.24, 2.45) is 0 Å². The summed E-state index contributed by atoms with van der Waals surface area (Å²) in [6.45, 7) is 6.78. The number of rotatable bonds is 5. The first-order chi connectivity index (χ1) is 11.8. The van der Waals surface area contributed by atoms with E-state index >= 15 is 0 Å². The first-order valence-electron chi connectivity index (χ1n) is 8.86. The topological polar surface area (TPSA) is 54.3 Å². The maximum Gasteiger partial charge on any atom is 0.226 e. The summed E-state index contributed by atoms with van der Waals surface area (Å²) in [7, 11) is 0. The van der Waals surface area contributed by atoms with Crippen molar-refractivity contribution in [3.63, 3.8) is 0 Å². The third-order valence-corrected chi connectivity index (χ3v) is 5.71. The maximum absolute atomic E-state index is 12.1. The zero-order valence-corrected chi connectivity index (χ0v) is 15.2. The number of thioether (sulfide) groups is 1. The van der Waals surface area contributed by atoms with E-state index in [0.29, 0.717) is 12.5 Å². The van der Waals surface area contributed by atoms with Gasteiger partial charge in [0.05, 0.1) is 17.9 Å². The summed E-state index contributed by atoms with van der Waals surface area (Å²) in [4.78, 5) is 16.5. The highest BCUT2D eigenvalue weighted by molar-refractivity contribution is 7.99. The number of allylic oxidation sites excluding steroid dienone is 1. The Bertz CT molecular complexity index is 559. The molecule has 3 rings (SSSR count). The molecule has 2 fully saturated rings. The molecule has 0 bridgehead atoms.